The molecule has 0 aliphatic heterocycles. The molecule has 12 aromatic rings. The van der Waals surface area contributed by atoms with Crippen LogP contribution in [0.25, 0.3) is 79.3 Å². The number of aryl methyl sites for hydroxylation is 1. The largest absolute Gasteiger partial charge is 0.558 e. The minimum absolute atomic E-state index is 0. The molecule has 4 aromatic heterocycles. The van der Waals surface area contributed by atoms with Crippen LogP contribution in [0.15, 0.2) is 206 Å². The maximum atomic E-state index is 5.79. The maximum absolute atomic E-state index is 5.79. The van der Waals surface area contributed by atoms with Gasteiger partial charge in [0.1, 0.15) is 34.4 Å². The van der Waals surface area contributed by atoms with E-state index in [4.69, 9.17) is 37.9 Å². The Kier molecular flexibility index (Phi) is 20.3. The summed E-state index contributed by atoms with van der Waals surface area (Å²) >= 11 is 0. The van der Waals surface area contributed by atoms with Crippen LogP contribution in [0.2, 0.25) is 0 Å². The molecule has 87 heavy (non-hydrogen) atoms. The van der Waals surface area contributed by atoms with Gasteiger partial charge in [-0.2, -0.15) is 12.1 Å². The molecule has 0 bridgehead atoms. The minimum atomic E-state index is 0. The number of pyridine rings is 1. The Hall–Kier alpha value is -10.5. The Balaban J connectivity index is 0.000000172. The molecular formula is C70H61IrN8O8-3. The van der Waals surface area contributed by atoms with E-state index in [2.05, 4.69) is 93.5 Å². The van der Waals surface area contributed by atoms with Crippen molar-refractivity contribution >= 4 is 0 Å². The number of hydrogen-bond acceptors (Lipinski definition) is 11. The predicted octanol–water partition coefficient (Wildman–Crippen LogP) is 12.2. The van der Waals surface area contributed by atoms with E-state index in [0.717, 1.165) is 62.1 Å². The van der Waals surface area contributed by atoms with E-state index in [0.29, 0.717) is 69.0 Å². The van der Waals surface area contributed by atoms with Gasteiger partial charge in [-0.1, -0.05) is 140 Å². The first-order valence-corrected chi connectivity index (χ1v) is 27.1. The molecular weight excluding hydrogens is 1270 g/mol. The standard InChI is InChI=1S/2C31H27N2O4.C8H7N4.Ir/c2*1-34-24-15-17-26(28(19-24)36-3)32-21-33(27-18-16-25(35-2)20-29(27)37-4)31(23-13-9-6-10-14-23)30(32)22-11-7-5-8-12-22;1-6-10-8(12-11-6)7-4-2-3-5-9-7;/h2*5-17,19-20H,1-4H3;2-5H,1H3;/q3*-1;. The smallest absolute Gasteiger partial charge is 0.268 e. The summed E-state index contributed by atoms with van der Waals surface area (Å²) in [5.41, 5.74) is 11.5. The molecule has 4 heterocycles. The van der Waals surface area contributed by atoms with E-state index in [9.17, 15) is 0 Å². The van der Waals surface area contributed by atoms with Crippen LogP contribution >= 0.6 is 0 Å². The van der Waals surface area contributed by atoms with Gasteiger partial charge in [-0.25, -0.2) is 0 Å². The quantitative estimate of drug-likeness (QED) is 0.0632. The first-order valence-electron chi connectivity index (χ1n) is 27.1. The molecule has 0 fully saturated rings. The number of ether oxygens (including phenoxy) is 8. The van der Waals surface area contributed by atoms with Crippen molar-refractivity contribution in [3.05, 3.63) is 237 Å². The summed E-state index contributed by atoms with van der Waals surface area (Å²) in [6.45, 7) is 1.80. The Morgan fingerprint density at radius 1 is 0.414 bits per heavy atom. The third-order valence-corrected chi connectivity index (χ3v) is 13.7. The summed E-state index contributed by atoms with van der Waals surface area (Å²) in [7, 11) is 13.1. The van der Waals surface area contributed by atoms with Crippen LogP contribution in [0.4, 0.5) is 0 Å². The Morgan fingerprint density at radius 2 is 0.793 bits per heavy atom. The van der Waals surface area contributed by atoms with Gasteiger partial charge in [-0.05, 0) is 82.8 Å². The van der Waals surface area contributed by atoms with E-state index in [1.165, 1.54) is 0 Å². The van der Waals surface area contributed by atoms with Crippen LogP contribution < -0.4 is 52.1 Å². The number of imidazole rings is 2. The molecule has 16 nitrogen and oxygen atoms in total. The molecule has 1 radical (unpaired) electrons. The zero-order chi connectivity index (χ0) is 59.9. The molecule has 0 saturated carbocycles. The Labute approximate surface area is 519 Å². The molecule has 0 amide bonds. The van der Waals surface area contributed by atoms with Crippen molar-refractivity contribution in [1.29, 1.82) is 0 Å². The van der Waals surface area contributed by atoms with Gasteiger partial charge in [0.25, 0.3) is 12.7 Å². The van der Waals surface area contributed by atoms with Crippen molar-refractivity contribution in [2.24, 2.45) is 0 Å². The van der Waals surface area contributed by atoms with Gasteiger partial charge in [0.15, 0.2) is 0 Å². The van der Waals surface area contributed by atoms with Crippen molar-refractivity contribution in [2.75, 3.05) is 56.9 Å². The van der Waals surface area contributed by atoms with Crippen LogP contribution in [0.3, 0.4) is 0 Å². The predicted molar refractivity (Wildman–Crippen MR) is 327 cm³/mol. The van der Waals surface area contributed by atoms with Crippen molar-refractivity contribution < 1.29 is 67.1 Å². The van der Waals surface area contributed by atoms with Crippen molar-refractivity contribution in [3.63, 3.8) is 0 Å². The molecule has 17 heteroatoms. The second-order valence-electron chi connectivity index (χ2n) is 18.8. The fraction of sp³-hybridized carbons (Fsp3) is 0.129. The average molecular weight is 1330 g/mol. The zero-order valence-corrected chi connectivity index (χ0v) is 51.7. The van der Waals surface area contributed by atoms with Crippen LogP contribution in [-0.2, 0) is 20.1 Å². The summed E-state index contributed by atoms with van der Waals surface area (Å²) in [4.78, 5) is 8.19. The van der Waals surface area contributed by atoms with Gasteiger partial charge in [0.05, 0.1) is 85.3 Å². The van der Waals surface area contributed by atoms with E-state index < -0.39 is 0 Å². The molecule has 0 aliphatic rings. The Morgan fingerprint density at radius 3 is 1.14 bits per heavy atom. The fourth-order valence-corrected chi connectivity index (χ4v) is 9.60. The number of aromatic nitrogens is 8. The summed E-state index contributed by atoms with van der Waals surface area (Å²) in [5.74, 6) is 6.51. The van der Waals surface area contributed by atoms with Gasteiger partial charge in [0.2, 0.25) is 0 Å². The molecule has 12 rings (SSSR count). The molecule has 0 saturated heterocycles. The molecule has 441 valence electrons. The third kappa shape index (κ3) is 13.4. The first-order chi connectivity index (χ1) is 42.2. The topological polar surface area (TPSA) is 144 Å². The number of hydrogen-bond donors (Lipinski definition) is 0. The molecule has 0 atom stereocenters. The van der Waals surface area contributed by atoms with Crippen LogP contribution in [0, 0.1) is 31.7 Å². The van der Waals surface area contributed by atoms with E-state index in [-0.39, 0.29) is 20.1 Å². The number of rotatable bonds is 17. The summed E-state index contributed by atoms with van der Waals surface area (Å²) in [6, 6.07) is 71.9. The molecule has 0 N–H and O–H groups in total. The summed E-state index contributed by atoms with van der Waals surface area (Å²) in [6.07, 6.45) is 8.84. The SMILES string of the molecule is COc1c[c-]c(-n2[c-][n+](-c3ccc(OC)cc3OC)c(-c3ccccc3)c2-c2ccccc2)c(OC)c1.COc1c[c-]c(-n2[c-][n+](-c3ccc(OC)cc3OC)c(-c3ccccc3)c2-c2ccccc2)c(OC)c1.Cc1n[n-]c(-c2ccccn2)n1.[Ir]. The van der Waals surface area contributed by atoms with Gasteiger partial charge in [-0.15, -0.1) is 12.1 Å². The van der Waals surface area contributed by atoms with E-state index >= 15 is 0 Å². The molecule has 0 spiro atoms. The van der Waals surface area contributed by atoms with Crippen molar-refractivity contribution in [2.45, 2.75) is 6.92 Å². The van der Waals surface area contributed by atoms with Crippen LogP contribution in [0.1, 0.15) is 5.82 Å². The summed E-state index contributed by atoms with van der Waals surface area (Å²) in [5, 5.41) is 7.65. The molecule has 0 aliphatic carbocycles. The number of methoxy groups -OCH3 is 8. The van der Waals surface area contributed by atoms with Crippen LogP contribution in [0.5, 0.6) is 46.0 Å². The molecule has 8 aromatic carbocycles. The molecule has 0 unspecified atom stereocenters. The first kappa shape index (κ1) is 61.1. The number of nitrogens with zero attached hydrogens (tertiary/aromatic N) is 8. The normalized spacial score (nSPS) is 10.5. The summed E-state index contributed by atoms with van der Waals surface area (Å²) < 4.78 is 52.8. The fourth-order valence-electron chi connectivity index (χ4n) is 9.60. The van der Waals surface area contributed by atoms with Gasteiger partial charge in [-0.3, -0.25) is 19.2 Å². The average Bonchev–Trinajstić information content (AvgIpc) is 3.39. The van der Waals surface area contributed by atoms with Gasteiger partial charge < -0.3 is 57.1 Å². The number of benzene rings is 8. The second kappa shape index (κ2) is 28.9. The van der Waals surface area contributed by atoms with E-state index in [1.54, 1.807) is 82.1 Å². The van der Waals surface area contributed by atoms with Crippen molar-refractivity contribution in [3.8, 4) is 125 Å². The maximum Gasteiger partial charge on any atom is 0.268 e. The monoisotopic (exact) mass is 1330 g/mol. The zero-order valence-electron chi connectivity index (χ0n) is 49.3. The minimum Gasteiger partial charge on any atom is -0.558 e. The van der Waals surface area contributed by atoms with Gasteiger partial charge >= 0.3 is 0 Å². The second-order valence-corrected chi connectivity index (χ2v) is 18.8. The van der Waals surface area contributed by atoms with Gasteiger partial charge in [0, 0.05) is 67.3 Å². The van der Waals surface area contributed by atoms with E-state index in [1.807, 2.05) is 158 Å². The van der Waals surface area contributed by atoms with Crippen LogP contribution in [-0.4, -0.2) is 81.1 Å². The Bertz CT molecular complexity index is 3720. The van der Waals surface area contributed by atoms with Crippen molar-refractivity contribution in [1.82, 2.24) is 29.3 Å². The third-order valence-electron chi connectivity index (χ3n) is 13.7.